The van der Waals surface area contributed by atoms with Crippen LogP contribution in [-0.4, -0.2) is 18.5 Å². The lowest BCUT2D eigenvalue weighted by Gasteiger charge is -2.21. The van der Waals surface area contributed by atoms with Gasteiger partial charge in [-0.2, -0.15) is 5.26 Å². The Hall–Kier alpha value is -1.86. The topological polar surface area (TPSA) is 70.1 Å². The Morgan fingerprint density at radius 1 is 1.56 bits per heavy atom. The zero-order valence-electron chi connectivity index (χ0n) is 9.10. The molecule has 4 heteroatoms. The fourth-order valence-electron chi connectivity index (χ4n) is 1.58. The smallest absolute Gasteiger partial charge is 0.246 e. The van der Waals surface area contributed by atoms with Crippen molar-refractivity contribution in [2.24, 2.45) is 5.73 Å². The van der Waals surface area contributed by atoms with Crippen LogP contribution in [-0.2, 0) is 4.79 Å². The van der Waals surface area contributed by atoms with Gasteiger partial charge >= 0.3 is 0 Å². The second-order valence-electron chi connectivity index (χ2n) is 4.18. The van der Waals surface area contributed by atoms with Crippen LogP contribution in [0.3, 0.4) is 0 Å². The molecule has 1 fully saturated rings. The number of carbonyl (C=O) groups excluding carboxylic acids is 1. The number of nitriles is 1. The Morgan fingerprint density at radius 3 is 2.81 bits per heavy atom. The van der Waals surface area contributed by atoms with E-state index in [-0.39, 0.29) is 5.91 Å². The lowest BCUT2D eigenvalue weighted by molar-refractivity contribution is -0.120. The van der Waals surface area contributed by atoms with Gasteiger partial charge in [-0.1, -0.05) is 6.07 Å². The van der Waals surface area contributed by atoms with Gasteiger partial charge in [-0.05, 0) is 31.0 Å². The number of nitrogens with two attached hydrogens (primary N) is 1. The van der Waals surface area contributed by atoms with E-state index in [1.54, 1.807) is 31.3 Å². The molecule has 0 heterocycles. The zero-order valence-corrected chi connectivity index (χ0v) is 9.10. The zero-order chi connectivity index (χ0) is 11.8. The first-order chi connectivity index (χ1) is 7.57. The quantitative estimate of drug-likeness (QED) is 0.800. The van der Waals surface area contributed by atoms with E-state index in [2.05, 4.69) is 0 Å². The predicted octanol–water partition coefficient (Wildman–Crippen LogP) is 1.01. The van der Waals surface area contributed by atoms with Gasteiger partial charge in [-0.25, -0.2) is 0 Å². The Balaban J connectivity index is 2.24. The lowest BCUT2D eigenvalue weighted by atomic mass is 10.2. The third-order valence-electron chi connectivity index (χ3n) is 2.88. The molecule has 1 aliphatic carbocycles. The Bertz CT molecular complexity index is 471. The van der Waals surface area contributed by atoms with E-state index in [0.717, 1.165) is 12.8 Å². The van der Waals surface area contributed by atoms with E-state index in [1.807, 2.05) is 6.07 Å². The molecule has 1 aliphatic rings. The summed E-state index contributed by atoms with van der Waals surface area (Å²) in [6.07, 6.45) is 1.49. The van der Waals surface area contributed by atoms with Crippen molar-refractivity contribution in [3.05, 3.63) is 29.8 Å². The maximum atomic E-state index is 11.9. The summed E-state index contributed by atoms with van der Waals surface area (Å²) in [4.78, 5) is 13.5. The summed E-state index contributed by atoms with van der Waals surface area (Å²) < 4.78 is 0. The number of anilines is 1. The van der Waals surface area contributed by atoms with Crippen molar-refractivity contribution in [3.8, 4) is 6.07 Å². The minimum atomic E-state index is -0.669. The average Bonchev–Trinajstić information content (AvgIpc) is 3.07. The minimum absolute atomic E-state index is 0.0809. The summed E-state index contributed by atoms with van der Waals surface area (Å²) in [6.45, 7) is 0. The fourth-order valence-corrected chi connectivity index (χ4v) is 1.58. The van der Waals surface area contributed by atoms with Gasteiger partial charge in [-0.3, -0.25) is 4.79 Å². The second kappa shape index (κ2) is 3.62. The van der Waals surface area contributed by atoms with Crippen molar-refractivity contribution in [1.82, 2.24) is 0 Å². The van der Waals surface area contributed by atoms with Gasteiger partial charge in [0.05, 0.1) is 17.2 Å². The molecule has 0 unspecified atom stereocenters. The predicted molar refractivity (Wildman–Crippen MR) is 60.7 cm³/mol. The van der Waals surface area contributed by atoms with Crippen LogP contribution in [0.2, 0.25) is 0 Å². The van der Waals surface area contributed by atoms with Gasteiger partial charge in [-0.15, -0.1) is 0 Å². The van der Waals surface area contributed by atoms with Gasteiger partial charge in [0, 0.05) is 12.7 Å². The standard InChI is InChI=1S/C12H13N3O/c1-15(11(16)12(14)5-6-12)10-4-2-3-9(7-10)8-13/h2-4,7H,5-6,14H2,1H3. The van der Waals surface area contributed by atoms with Crippen molar-refractivity contribution in [3.63, 3.8) is 0 Å². The molecule has 1 saturated carbocycles. The van der Waals surface area contributed by atoms with E-state index in [4.69, 9.17) is 11.0 Å². The van der Waals surface area contributed by atoms with Gasteiger partial charge in [0.1, 0.15) is 0 Å². The number of hydrogen-bond donors (Lipinski definition) is 1. The molecule has 0 radical (unpaired) electrons. The minimum Gasteiger partial charge on any atom is -0.317 e. The van der Waals surface area contributed by atoms with Crippen LogP contribution in [0.15, 0.2) is 24.3 Å². The maximum absolute atomic E-state index is 11.9. The van der Waals surface area contributed by atoms with Crippen molar-refractivity contribution < 1.29 is 4.79 Å². The molecule has 4 nitrogen and oxygen atoms in total. The van der Waals surface area contributed by atoms with Crippen molar-refractivity contribution in [1.29, 1.82) is 5.26 Å². The lowest BCUT2D eigenvalue weighted by Crippen LogP contribution is -2.43. The first-order valence-electron chi connectivity index (χ1n) is 5.14. The van der Waals surface area contributed by atoms with Crippen LogP contribution in [0.5, 0.6) is 0 Å². The summed E-state index contributed by atoms with van der Waals surface area (Å²) in [7, 11) is 1.69. The van der Waals surface area contributed by atoms with Crippen LogP contribution < -0.4 is 10.6 Å². The van der Waals surface area contributed by atoms with Crippen molar-refractivity contribution in [2.75, 3.05) is 11.9 Å². The molecule has 0 aliphatic heterocycles. The average molecular weight is 215 g/mol. The molecule has 82 valence electrons. The highest BCUT2D eigenvalue weighted by Gasteiger charge is 2.47. The molecule has 1 amide bonds. The monoisotopic (exact) mass is 215 g/mol. The molecule has 2 rings (SSSR count). The first-order valence-corrected chi connectivity index (χ1v) is 5.14. The number of rotatable bonds is 2. The molecule has 0 aromatic heterocycles. The van der Waals surface area contributed by atoms with E-state index < -0.39 is 5.54 Å². The molecule has 0 saturated heterocycles. The molecule has 0 atom stereocenters. The normalized spacial score (nSPS) is 16.3. The number of amides is 1. The van der Waals surface area contributed by atoms with Gasteiger partial charge < -0.3 is 10.6 Å². The molecule has 16 heavy (non-hydrogen) atoms. The Kier molecular flexibility index (Phi) is 2.41. The molecule has 1 aromatic rings. The second-order valence-corrected chi connectivity index (χ2v) is 4.18. The van der Waals surface area contributed by atoms with Crippen molar-refractivity contribution in [2.45, 2.75) is 18.4 Å². The molecule has 2 N–H and O–H groups in total. The number of benzene rings is 1. The Labute approximate surface area is 94.3 Å². The Morgan fingerprint density at radius 2 is 2.25 bits per heavy atom. The summed E-state index contributed by atoms with van der Waals surface area (Å²) in [5, 5.41) is 8.78. The summed E-state index contributed by atoms with van der Waals surface area (Å²) >= 11 is 0. The number of nitrogens with zero attached hydrogens (tertiary/aromatic N) is 2. The summed E-state index contributed by atoms with van der Waals surface area (Å²) in [6, 6.07) is 8.99. The van der Waals surface area contributed by atoms with E-state index >= 15 is 0 Å². The highest BCUT2D eigenvalue weighted by molar-refractivity contribution is 6.01. The highest BCUT2D eigenvalue weighted by atomic mass is 16.2. The molecule has 0 spiro atoms. The third kappa shape index (κ3) is 1.77. The number of carbonyl (C=O) groups is 1. The highest BCUT2D eigenvalue weighted by Crippen LogP contribution is 2.35. The summed E-state index contributed by atoms with van der Waals surface area (Å²) in [5.41, 5.74) is 6.42. The number of likely N-dealkylation sites (N-methyl/N-ethyl adjacent to an activating group) is 1. The van der Waals surface area contributed by atoms with Gasteiger partial charge in [0.2, 0.25) is 5.91 Å². The molecular weight excluding hydrogens is 202 g/mol. The molecular formula is C12H13N3O. The number of hydrogen-bond acceptors (Lipinski definition) is 3. The van der Waals surface area contributed by atoms with E-state index in [1.165, 1.54) is 4.90 Å². The van der Waals surface area contributed by atoms with Crippen LogP contribution in [0.4, 0.5) is 5.69 Å². The maximum Gasteiger partial charge on any atom is 0.246 e. The fraction of sp³-hybridized carbons (Fsp3) is 0.333. The van der Waals surface area contributed by atoms with Crippen LogP contribution in [0, 0.1) is 11.3 Å². The van der Waals surface area contributed by atoms with Crippen LogP contribution in [0.1, 0.15) is 18.4 Å². The van der Waals surface area contributed by atoms with Gasteiger partial charge in [0.15, 0.2) is 0 Å². The van der Waals surface area contributed by atoms with E-state index in [0.29, 0.717) is 11.3 Å². The molecule has 0 bridgehead atoms. The van der Waals surface area contributed by atoms with Crippen LogP contribution >= 0.6 is 0 Å². The van der Waals surface area contributed by atoms with Crippen LogP contribution in [0.25, 0.3) is 0 Å². The van der Waals surface area contributed by atoms with Gasteiger partial charge in [0.25, 0.3) is 0 Å². The van der Waals surface area contributed by atoms with Crippen molar-refractivity contribution >= 4 is 11.6 Å². The third-order valence-corrected chi connectivity index (χ3v) is 2.88. The first kappa shape index (κ1) is 10.7. The summed E-state index contributed by atoms with van der Waals surface area (Å²) in [5.74, 6) is -0.0809. The van der Waals surface area contributed by atoms with E-state index in [9.17, 15) is 4.79 Å². The largest absolute Gasteiger partial charge is 0.317 e. The SMILES string of the molecule is CN(C(=O)C1(N)CC1)c1cccc(C#N)c1. The molecule has 1 aromatic carbocycles.